The highest BCUT2D eigenvalue weighted by atomic mass is 16.5. The average molecular weight is 288 g/mol. The number of anilines is 2. The van der Waals surface area contributed by atoms with Gasteiger partial charge in [0.15, 0.2) is 0 Å². The van der Waals surface area contributed by atoms with Crippen LogP contribution in [0, 0.1) is 6.92 Å². The van der Waals surface area contributed by atoms with Crippen molar-refractivity contribution in [1.82, 2.24) is 4.98 Å². The number of H-pyrrole nitrogens is 1. The number of aromatic nitrogens is 1. The van der Waals surface area contributed by atoms with Gasteiger partial charge in [-0.15, -0.1) is 0 Å². The van der Waals surface area contributed by atoms with Gasteiger partial charge in [0.1, 0.15) is 11.3 Å². The largest absolute Gasteiger partial charge is 0.477 e. The molecule has 2 rings (SSSR count). The summed E-state index contributed by atoms with van der Waals surface area (Å²) in [6, 6.07) is 9.03. The van der Waals surface area contributed by atoms with Gasteiger partial charge >= 0.3 is 11.9 Å². The number of ether oxygens (including phenoxy) is 1. The number of carbonyl (C=O) groups excluding carboxylic acids is 1. The van der Waals surface area contributed by atoms with Gasteiger partial charge in [0, 0.05) is 11.4 Å². The van der Waals surface area contributed by atoms with E-state index in [9.17, 15) is 14.7 Å². The predicted octanol–water partition coefficient (Wildman–Crippen LogP) is 2.94. The molecule has 0 amide bonds. The smallest absolute Gasteiger partial charge is 0.354 e. The lowest BCUT2D eigenvalue weighted by atomic mass is 10.2. The Morgan fingerprint density at radius 1 is 1.29 bits per heavy atom. The summed E-state index contributed by atoms with van der Waals surface area (Å²) >= 11 is 0. The fourth-order valence-electron chi connectivity index (χ4n) is 2.03. The van der Waals surface area contributed by atoms with Crippen molar-refractivity contribution < 1.29 is 19.4 Å². The highest BCUT2D eigenvalue weighted by Crippen LogP contribution is 2.29. The second kappa shape index (κ2) is 6.13. The molecule has 2 aromatic rings. The Kier molecular flexibility index (Phi) is 4.27. The third kappa shape index (κ3) is 3.05. The predicted molar refractivity (Wildman–Crippen MR) is 78.2 cm³/mol. The van der Waals surface area contributed by atoms with Crippen LogP contribution in [0.25, 0.3) is 0 Å². The van der Waals surface area contributed by atoms with Crippen LogP contribution in [-0.4, -0.2) is 28.6 Å². The van der Waals surface area contributed by atoms with Crippen molar-refractivity contribution >= 4 is 23.3 Å². The topological polar surface area (TPSA) is 91.4 Å². The van der Waals surface area contributed by atoms with Gasteiger partial charge in [-0.1, -0.05) is 18.2 Å². The number of benzene rings is 1. The maximum absolute atomic E-state index is 12.0. The molecule has 0 saturated heterocycles. The second-order valence-corrected chi connectivity index (χ2v) is 4.39. The number of carboxylic acid groups (broad SMARTS) is 1. The molecule has 6 heteroatoms. The summed E-state index contributed by atoms with van der Waals surface area (Å²) in [6.45, 7) is 3.55. The SMILES string of the molecule is CCOC(=O)c1c(C)[nH]c(C(=O)O)c1Nc1ccccc1. The fraction of sp³-hybridized carbons (Fsp3) is 0.200. The van der Waals surface area contributed by atoms with Gasteiger partial charge in [-0.25, -0.2) is 9.59 Å². The summed E-state index contributed by atoms with van der Waals surface area (Å²) in [4.78, 5) is 26.1. The number of nitrogens with one attached hydrogen (secondary N) is 2. The number of rotatable bonds is 5. The molecular formula is C15H16N2O4. The summed E-state index contributed by atoms with van der Waals surface area (Å²) in [5.74, 6) is -1.70. The highest BCUT2D eigenvalue weighted by Gasteiger charge is 2.25. The van der Waals surface area contributed by atoms with E-state index in [0.29, 0.717) is 11.4 Å². The van der Waals surface area contributed by atoms with Crippen molar-refractivity contribution in [2.45, 2.75) is 13.8 Å². The van der Waals surface area contributed by atoms with E-state index >= 15 is 0 Å². The number of esters is 1. The Morgan fingerprint density at radius 3 is 2.52 bits per heavy atom. The van der Waals surface area contributed by atoms with Crippen LogP contribution in [-0.2, 0) is 4.74 Å². The van der Waals surface area contributed by atoms with Crippen LogP contribution in [0.5, 0.6) is 0 Å². The standard InChI is InChI=1S/C15H16N2O4/c1-3-21-15(20)11-9(2)16-13(14(18)19)12(11)17-10-7-5-4-6-8-10/h4-8,16-17H,3H2,1-2H3,(H,18,19). The number of hydrogen-bond acceptors (Lipinski definition) is 4. The zero-order valence-electron chi connectivity index (χ0n) is 11.8. The van der Waals surface area contributed by atoms with Crippen LogP contribution in [0.3, 0.4) is 0 Å². The lowest BCUT2D eigenvalue weighted by Gasteiger charge is -2.09. The Labute approximate surface area is 121 Å². The van der Waals surface area contributed by atoms with E-state index in [2.05, 4.69) is 10.3 Å². The van der Waals surface area contributed by atoms with Crippen LogP contribution in [0.15, 0.2) is 30.3 Å². The average Bonchev–Trinajstić information content (AvgIpc) is 2.77. The minimum atomic E-state index is -1.15. The molecule has 110 valence electrons. The van der Waals surface area contributed by atoms with Gasteiger partial charge in [0.25, 0.3) is 0 Å². The molecule has 0 radical (unpaired) electrons. The molecular weight excluding hydrogens is 272 g/mol. The first-order valence-corrected chi connectivity index (χ1v) is 6.49. The Bertz CT molecular complexity index is 662. The van der Waals surface area contributed by atoms with Crippen molar-refractivity contribution in [2.75, 3.05) is 11.9 Å². The van der Waals surface area contributed by atoms with E-state index in [1.807, 2.05) is 18.2 Å². The van der Waals surface area contributed by atoms with Gasteiger partial charge in [-0.3, -0.25) is 0 Å². The summed E-state index contributed by atoms with van der Waals surface area (Å²) in [5, 5.41) is 12.2. The molecule has 1 aromatic heterocycles. The maximum Gasteiger partial charge on any atom is 0.354 e. The molecule has 3 N–H and O–H groups in total. The molecule has 1 heterocycles. The molecule has 0 saturated carbocycles. The molecule has 0 aliphatic carbocycles. The summed E-state index contributed by atoms with van der Waals surface area (Å²) in [7, 11) is 0. The molecule has 21 heavy (non-hydrogen) atoms. The number of hydrogen-bond donors (Lipinski definition) is 3. The molecule has 0 bridgehead atoms. The van der Waals surface area contributed by atoms with E-state index in [1.54, 1.807) is 26.0 Å². The lowest BCUT2D eigenvalue weighted by molar-refractivity contribution is 0.0526. The Hall–Kier alpha value is -2.76. The minimum Gasteiger partial charge on any atom is -0.477 e. The maximum atomic E-state index is 12.0. The monoisotopic (exact) mass is 288 g/mol. The highest BCUT2D eigenvalue weighted by molar-refractivity contribution is 6.05. The zero-order chi connectivity index (χ0) is 15.4. The Balaban J connectivity index is 2.49. The molecule has 0 aliphatic heterocycles. The van der Waals surface area contributed by atoms with Crippen LogP contribution in [0.4, 0.5) is 11.4 Å². The molecule has 0 fully saturated rings. The molecule has 6 nitrogen and oxygen atoms in total. The van der Waals surface area contributed by atoms with E-state index in [-0.39, 0.29) is 23.6 Å². The first-order chi connectivity index (χ1) is 10.0. The van der Waals surface area contributed by atoms with E-state index in [4.69, 9.17) is 4.74 Å². The second-order valence-electron chi connectivity index (χ2n) is 4.39. The van der Waals surface area contributed by atoms with Gasteiger partial charge in [0.2, 0.25) is 0 Å². The van der Waals surface area contributed by atoms with Crippen molar-refractivity contribution in [3.63, 3.8) is 0 Å². The van der Waals surface area contributed by atoms with E-state index in [0.717, 1.165) is 0 Å². The number of para-hydroxylation sites is 1. The fourth-order valence-corrected chi connectivity index (χ4v) is 2.03. The quantitative estimate of drug-likeness (QED) is 0.736. The van der Waals surface area contributed by atoms with Crippen LogP contribution in [0.2, 0.25) is 0 Å². The van der Waals surface area contributed by atoms with E-state index in [1.165, 1.54) is 0 Å². The first-order valence-electron chi connectivity index (χ1n) is 6.49. The molecule has 1 aromatic carbocycles. The normalized spacial score (nSPS) is 10.2. The van der Waals surface area contributed by atoms with Crippen LogP contribution < -0.4 is 5.32 Å². The zero-order valence-corrected chi connectivity index (χ0v) is 11.8. The van der Waals surface area contributed by atoms with Gasteiger partial charge in [-0.2, -0.15) is 0 Å². The van der Waals surface area contributed by atoms with Gasteiger partial charge in [-0.05, 0) is 26.0 Å². The van der Waals surface area contributed by atoms with E-state index < -0.39 is 11.9 Å². The van der Waals surface area contributed by atoms with Crippen molar-refractivity contribution in [1.29, 1.82) is 0 Å². The minimum absolute atomic E-state index is 0.0700. The molecule has 0 unspecified atom stereocenters. The Morgan fingerprint density at radius 2 is 1.95 bits per heavy atom. The van der Waals surface area contributed by atoms with Crippen molar-refractivity contribution in [3.05, 3.63) is 47.3 Å². The summed E-state index contributed by atoms with van der Waals surface area (Å²) in [5.41, 5.74) is 1.48. The number of aromatic carboxylic acids is 1. The number of carboxylic acids is 1. The van der Waals surface area contributed by atoms with Crippen LogP contribution >= 0.6 is 0 Å². The summed E-state index contributed by atoms with van der Waals surface area (Å²) < 4.78 is 4.99. The van der Waals surface area contributed by atoms with Crippen molar-refractivity contribution in [2.24, 2.45) is 0 Å². The number of aromatic amines is 1. The van der Waals surface area contributed by atoms with Crippen molar-refractivity contribution in [3.8, 4) is 0 Å². The van der Waals surface area contributed by atoms with Crippen LogP contribution in [0.1, 0.15) is 33.5 Å². The molecule has 0 spiro atoms. The third-order valence-corrected chi connectivity index (χ3v) is 2.92. The lowest BCUT2D eigenvalue weighted by Crippen LogP contribution is -2.09. The number of carbonyl (C=O) groups is 2. The number of aryl methyl sites for hydroxylation is 1. The molecule has 0 aliphatic rings. The summed E-state index contributed by atoms with van der Waals surface area (Å²) in [6.07, 6.45) is 0. The van der Waals surface area contributed by atoms with Gasteiger partial charge < -0.3 is 20.1 Å². The first kappa shape index (κ1) is 14.6. The molecule has 0 atom stereocenters. The van der Waals surface area contributed by atoms with Gasteiger partial charge in [0.05, 0.1) is 12.3 Å². The third-order valence-electron chi connectivity index (χ3n) is 2.92.